The van der Waals surface area contributed by atoms with Crippen LogP contribution in [0, 0.1) is 0 Å². The number of nitrogens with zero attached hydrogens (tertiary/aromatic N) is 6. The van der Waals surface area contributed by atoms with Gasteiger partial charge >= 0.3 is 0 Å². The molecule has 0 bridgehead atoms. The molecule has 0 radical (unpaired) electrons. The zero-order chi connectivity index (χ0) is 97.1. The fraction of sp³-hybridized carbons (Fsp3) is 0.212. The van der Waals surface area contributed by atoms with Crippen LogP contribution in [0.15, 0.2) is 309 Å². The SMILES string of the molecule is [2H]c1c([2H])c([2H])c2c(c1[2H])c1c([2H])c([2H])c([2H])c([2H])c1n2-c1ccc2c(c1)N(c1c(-c3ccccc3)cc(C(C)(C)C)cc1-c1cc(C(C)(C)C)nc(C(C)(C)C)c1)c1cc(-n3c4c([2H])c([2H])c([2H])c([2H])c4c4c([2H])c([2H])c([2H])c([2H])c43)cc3c1B2c1ccc(-n2c4ccc(C(C)(C)C)cc4c4cc(C(C)(C)C)ccc42)cc1N3c1c(-c2ccccc2)cc(C(C)(C)C)cc1-c1ccccc1. The summed E-state index contributed by atoms with van der Waals surface area (Å²) in [6.45, 7) is 38.7. The molecule has 2 aliphatic rings. The molecule has 14 aromatic carbocycles. The van der Waals surface area contributed by atoms with Crippen molar-refractivity contribution in [3.8, 4) is 61.6 Å². The van der Waals surface area contributed by atoms with Gasteiger partial charge in [-0.3, -0.25) is 4.98 Å². The summed E-state index contributed by atoms with van der Waals surface area (Å²) >= 11 is 0. The molecule has 7 heteroatoms. The molecule has 0 fully saturated rings. The van der Waals surface area contributed by atoms with Crippen molar-refractivity contribution in [2.45, 2.75) is 157 Å². The molecule has 2 aliphatic heterocycles. The van der Waals surface area contributed by atoms with E-state index in [-0.39, 0.29) is 65.8 Å². The number of rotatable bonds is 9. The van der Waals surface area contributed by atoms with Crippen molar-refractivity contribution in [2.75, 3.05) is 9.80 Å². The van der Waals surface area contributed by atoms with Gasteiger partial charge in [0.1, 0.15) is 0 Å². The van der Waals surface area contributed by atoms with Crippen molar-refractivity contribution in [1.82, 2.24) is 18.7 Å². The third-order valence-electron chi connectivity index (χ3n) is 24.7. The van der Waals surface area contributed by atoms with Gasteiger partial charge in [0.15, 0.2) is 0 Å². The van der Waals surface area contributed by atoms with Gasteiger partial charge in [-0.05, 0) is 204 Å². The van der Waals surface area contributed by atoms with Gasteiger partial charge in [0, 0.05) is 111 Å². The third-order valence-corrected chi connectivity index (χ3v) is 24.7. The van der Waals surface area contributed by atoms with E-state index in [9.17, 15) is 21.9 Å². The summed E-state index contributed by atoms with van der Waals surface area (Å²) in [4.78, 5) is 10.2. The Balaban J connectivity index is 1.07. The highest BCUT2D eigenvalue weighted by molar-refractivity contribution is 7.00. The lowest BCUT2D eigenvalue weighted by molar-refractivity contribution is 0.531. The molecule has 0 N–H and O–H groups in total. The average Bonchev–Trinajstić information content (AvgIpc) is 1.03. The Kier molecular flexibility index (Phi) is 13.7. The largest absolute Gasteiger partial charge is 0.310 e. The highest BCUT2D eigenvalue weighted by atomic mass is 15.2. The van der Waals surface area contributed by atoms with Crippen LogP contribution in [-0.4, -0.2) is 25.4 Å². The minimum Gasteiger partial charge on any atom is -0.310 e. The van der Waals surface area contributed by atoms with E-state index in [0.717, 1.165) is 122 Å². The second-order valence-corrected chi connectivity index (χ2v) is 38.9. The van der Waals surface area contributed by atoms with Crippen LogP contribution in [0.2, 0.25) is 0 Å². The van der Waals surface area contributed by atoms with Crippen LogP contribution in [0.1, 0.15) is 180 Å². The standard InChI is InChI=1S/C113H105BN6/c1-108(2,3)74-50-56-97-89(60-74)90-61-75(109(4,5)6)51-57-98(90)117(97)79-53-55-91-99(67-79)119(106-85(70-36-22-19-23-37-70)62-76(110(7,8)9)63-86(106)71-38-24-20-25-39-71)101-68-80(118-95-48-34-30-44-83(95)84-45-31-35-49-96(84)118)69-102-105(101)114(91)92-54-52-78(116-93-46-32-28-42-81(93)82-43-29-33-47-94(82)116)66-100(92)120(102)107-87(72-40-26-21-27-41-72)64-77(111(10,11)12)65-88(107)73-58-103(112(13,14)15)115-104(59-73)113(16,17)18/h19-69H,1-18H3/i28D,29D,30D,31D,32D,33D,34D,35D,42D,43D,44D,45D,46D,47D,48D,49D. The number of hydrogen-bond acceptors (Lipinski definition) is 3. The Labute approximate surface area is 730 Å². The zero-order valence-corrected chi connectivity index (χ0v) is 71.5. The molecule has 4 aromatic heterocycles. The van der Waals surface area contributed by atoms with Crippen molar-refractivity contribution >= 4 is 123 Å². The van der Waals surface area contributed by atoms with Gasteiger partial charge in [-0.25, -0.2) is 0 Å². The van der Waals surface area contributed by atoms with Gasteiger partial charge in [0.05, 0.1) is 72.1 Å². The smallest absolute Gasteiger partial charge is 0.252 e. The van der Waals surface area contributed by atoms with E-state index in [2.05, 4.69) is 266 Å². The summed E-state index contributed by atoms with van der Waals surface area (Å²) < 4.78 is 163. The summed E-state index contributed by atoms with van der Waals surface area (Å²) in [5.41, 5.74) is 18.5. The van der Waals surface area contributed by atoms with Crippen molar-refractivity contribution in [3.63, 3.8) is 0 Å². The van der Waals surface area contributed by atoms with E-state index >= 15 is 0 Å². The molecule has 6 heterocycles. The summed E-state index contributed by atoms with van der Waals surface area (Å²) in [5, 5.41) is 1.65. The lowest BCUT2D eigenvalue weighted by Gasteiger charge is -2.46. The van der Waals surface area contributed by atoms with E-state index in [1.165, 1.54) is 0 Å². The molecule has 0 atom stereocenters. The van der Waals surface area contributed by atoms with Crippen LogP contribution in [0.4, 0.5) is 34.1 Å². The maximum absolute atomic E-state index is 10.5. The van der Waals surface area contributed by atoms with Crippen molar-refractivity contribution in [1.29, 1.82) is 0 Å². The van der Waals surface area contributed by atoms with Crippen LogP contribution >= 0.6 is 0 Å². The quantitative estimate of drug-likeness (QED) is 0.135. The second-order valence-electron chi connectivity index (χ2n) is 38.9. The Bertz CT molecular complexity index is 7920. The van der Waals surface area contributed by atoms with Crippen LogP contribution in [0.3, 0.4) is 0 Å². The van der Waals surface area contributed by atoms with Crippen LogP contribution in [0.25, 0.3) is 127 Å². The Hall–Kier alpha value is -12.7. The summed E-state index contributed by atoms with van der Waals surface area (Å²) in [7, 11) is 0. The van der Waals surface area contributed by atoms with Gasteiger partial charge in [-0.2, -0.15) is 0 Å². The minimum absolute atomic E-state index is 0.0939. The van der Waals surface area contributed by atoms with Gasteiger partial charge in [0.25, 0.3) is 6.71 Å². The first-order valence-electron chi connectivity index (χ1n) is 49.7. The monoisotopic (exact) mass is 1570 g/mol. The van der Waals surface area contributed by atoms with Crippen molar-refractivity contribution < 1.29 is 21.9 Å². The van der Waals surface area contributed by atoms with E-state index in [4.69, 9.17) is 4.98 Å². The van der Waals surface area contributed by atoms with E-state index in [1.807, 2.05) is 84.9 Å². The zero-order valence-electron chi connectivity index (χ0n) is 87.5. The molecule has 0 unspecified atom stereocenters. The highest BCUT2D eigenvalue weighted by Crippen LogP contribution is 2.57. The van der Waals surface area contributed by atoms with Crippen LogP contribution < -0.4 is 26.2 Å². The molecular weight excluding hydrogens is 1450 g/mol. The molecule has 590 valence electrons. The van der Waals surface area contributed by atoms with Gasteiger partial charge < -0.3 is 23.5 Å². The maximum atomic E-state index is 10.5. The first-order valence-corrected chi connectivity index (χ1v) is 41.7. The lowest BCUT2D eigenvalue weighted by atomic mass is 9.33. The molecule has 18 aromatic rings. The first-order chi connectivity index (χ1) is 64.0. The van der Waals surface area contributed by atoms with E-state index in [1.54, 1.807) is 9.13 Å². The van der Waals surface area contributed by atoms with Crippen molar-refractivity contribution in [3.05, 3.63) is 343 Å². The Morgan fingerprint density at radius 3 is 0.900 bits per heavy atom. The van der Waals surface area contributed by atoms with Crippen LogP contribution in [0.5, 0.6) is 0 Å². The summed E-state index contributed by atoms with van der Waals surface area (Å²) in [6, 6.07) is 65.9. The number of pyridine rings is 1. The predicted octanol–water partition coefficient (Wildman–Crippen LogP) is 28.9. The van der Waals surface area contributed by atoms with E-state index < -0.39 is 125 Å². The fourth-order valence-electron chi connectivity index (χ4n) is 18.2. The number of anilines is 6. The number of benzene rings is 14. The molecule has 0 saturated heterocycles. The molecule has 20 rings (SSSR count). The van der Waals surface area contributed by atoms with E-state index in [0.29, 0.717) is 33.9 Å². The fourth-order valence-corrected chi connectivity index (χ4v) is 18.2. The highest BCUT2D eigenvalue weighted by Gasteiger charge is 2.47. The van der Waals surface area contributed by atoms with Gasteiger partial charge in [-0.1, -0.05) is 312 Å². The number of fused-ring (bicyclic) bond motifs is 13. The van der Waals surface area contributed by atoms with Crippen molar-refractivity contribution in [2.24, 2.45) is 0 Å². The molecule has 0 aliphatic carbocycles. The Morgan fingerprint density at radius 2 is 0.567 bits per heavy atom. The van der Waals surface area contributed by atoms with Gasteiger partial charge in [0.2, 0.25) is 0 Å². The molecule has 6 nitrogen and oxygen atoms in total. The molecule has 0 saturated carbocycles. The summed E-state index contributed by atoms with van der Waals surface area (Å²) in [6.07, 6.45) is 0. The maximum Gasteiger partial charge on any atom is 0.252 e. The minimum atomic E-state index is -0.866. The van der Waals surface area contributed by atoms with Crippen LogP contribution in [-0.2, 0) is 32.5 Å². The third kappa shape index (κ3) is 12.5. The number of para-hydroxylation sites is 4. The molecular formula is C113H105BN6. The number of hydrogen-bond donors (Lipinski definition) is 0. The summed E-state index contributed by atoms with van der Waals surface area (Å²) in [5.74, 6) is 0. The Morgan fingerprint density at radius 1 is 0.258 bits per heavy atom. The van der Waals surface area contributed by atoms with Gasteiger partial charge in [-0.15, -0.1) is 0 Å². The molecule has 0 spiro atoms. The molecule has 120 heavy (non-hydrogen) atoms. The lowest BCUT2D eigenvalue weighted by Crippen LogP contribution is -2.61. The first kappa shape index (κ1) is 59.9. The normalized spacial score (nSPS) is 15.2. The topological polar surface area (TPSA) is 34.2 Å². The second kappa shape index (κ2) is 27.4. The average molecular weight is 1570 g/mol. The number of aromatic nitrogens is 4. The predicted molar refractivity (Wildman–Crippen MR) is 515 cm³/mol. The molecule has 0 amide bonds.